The number of hydrogen-bond acceptors (Lipinski definition) is 3. The number of hydrogen-bond donors (Lipinski definition) is 2. The predicted molar refractivity (Wildman–Crippen MR) is 73.9 cm³/mol. The Morgan fingerprint density at radius 2 is 2.47 bits per heavy atom. The normalized spacial score (nSPS) is 23.8. The van der Waals surface area contributed by atoms with Crippen LogP contribution in [0.3, 0.4) is 0 Å². The van der Waals surface area contributed by atoms with Gasteiger partial charge in [0.25, 0.3) is 0 Å². The van der Waals surface area contributed by atoms with Gasteiger partial charge in [-0.05, 0) is 36.9 Å². The van der Waals surface area contributed by atoms with Crippen LogP contribution < -0.4 is 10.6 Å². The molecular weight excluding hydrogens is 256 g/mol. The van der Waals surface area contributed by atoms with Gasteiger partial charge in [-0.3, -0.25) is 4.79 Å². The lowest BCUT2D eigenvalue weighted by molar-refractivity contribution is -0.121. The van der Waals surface area contributed by atoms with Gasteiger partial charge in [0.1, 0.15) is 0 Å². The molecule has 2 unspecified atom stereocenters. The van der Waals surface area contributed by atoms with Crippen LogP contribution in [-0.2, 0) is 11.2 Å². The highest BCUT2D eigenvalue weighted by Crippen LogP contribution is 2.12. The molecule has 1 saturated heterocycles. The van der Waals surface area contributed by atoms with Gasteiger partial charge in [0.2, 0.25) is 5.91 Å². The summed E-state index contributed by atoms with van der Waals surface area (Å²) in [6.07, 6.45) is 1.56. The molecular formula is C12H19ClN2OS. The minimum atomic E-state index is 0. The van der Waals surface area contributed by atoms with Crippen molar-refractivity contribution in [1.82, 2.24) is 10.6 Å². The Balaban J connectivity index is 0.00000144. The summed E-state index contributed by atoms with van der Waals surface area (Å²) in [7, 11) is 0. The molecule has 96 valence electrons. The SMILES string of the molecule is CC1CNCCC1NC(=O)Cc1cccs1.Cl. The molecule has 0 spiro atoms. The summed E-state index contributed by atoms with van der Waals surface area (Å²) < 4.78 is 0. The molecule has 0 saturated carbocycles. The van der Waals surface area contributed by atoms with Gasteiger partial charge in [0.05, 0.1) is 6.42 Å². The zero-order chi connectivity index (χ0) is 11.4. The van der Waals surface area contributed by atoms with Gasteiger partial charge in [0.15, 0.2) is 0 Å². The summed E-state index contributed by atoms with van der Waals surface area (Å²) in [6, 6.07) is 4.34. The summed E-state index contributed by atoms with van der Waals surface area (Å²) in [5, 5.41) is 8.48. The van der Waals surface area contributed by atoms with Gasteiger partial charge in [-0.1, -0.05) is 13.0 Å². The number of nitrogens with one attached hydrogen (secondary N) is 2. The van der Waals surface area contributed by atoms with Crippen LogP contribution in [0.2, 0.25) is 0 Å². The fourth-order valence-electron chi connectivity index (χ4n) is 2.06. The number of halogens is 1. The van der Waals surface area contributed by atoms with Gasteiger partial charge < -0.3 is 10.6 Å². The molecule has 1 fully saturated rings. The van der Waals surface area contributed by atoms with Crippen LogP contribution in [0.25, 0.3) is 0 Å². The average Bonchev–Trinajstić information content (AvgIpc) is 2.74. The molecule has 0 radical (unpaired) electrons. The van der Waals surface area contributed by atoms with Crippen molar-refractivity contribution in [3.8, 4) is 0 Å². The fraction of sp³-hybridized carbons (Fsp3) is 0.583. The second-order valence-electron chi connectivity index (χ2n) is 4.40. The number of amides is 1. The Kier molecular flexibility index (Phi) is 5.95. The average molecular weight is 275 g/mol. The summed E-state index contributed by atoms with van der Waals surface area (Å²) in [6.45, 7) is 4.19. The predicted octanol–water partition coefficient (Wildman–Crippen LogP) is 1.83. The van der Waals surface area contributed by atoms with E-state index in [0.29, 0.717) is 18.4 Å². The lowest BCUT2D eigenvalue weighted by Gasteiger charge is -2.30. The summed E-state index contributed by atoms with van der Waals surface area (Å²) in [5.41, 5.74) is 0. The first-order valence-corrected chi connectivity index (χ1v) is 6.66. The van der Waals surface area contributed by atoms with Crippen LogP contribution in [-0.4, -0.2) is 25.0 Å². The van der Waals surface area contributed by atoms with E-state index in [2.05, 4.69) is 17.6 Å². The molecule has 0 bridgehead atoms. The third-order valence-corrected chi connectivity index (χ3v) is 3.92. The van der Waals surface area contributed by atoms with E-state index in [4.69, 9.17) is 0 Å². The first-order chi connectivity index (χ1) is 7.75. The molecule has 1 aliphatic heterocycles. The largest absolute Gasteiger partial charge is 0.353 e. The third kappa shape index (κ3) is 4.30. The molecule has 0 aliphatic carbocycles. The molecule has 2 heterocycles. The zero-order valence-electron chi connectivity index (χ0n) is 9.94. The van der Waals surface area contributed by atoms with Crippen LogP contribution in [0, 0.1) is 5.92 Å². The molecule has 3 nitrogen and oxygen atoms in total. The molecule has 2 rings (SSSR count). The van der Waals surface area contributed by atoms with Gasteiger partial charge in [-0.15, -0.1) is 23.7 Å². The van der Waals surface area contributed by atoms with E-state index in [9.17, 15) is 4.79 Å². The van der Waals surface area contributed by atoms with E-state index in [0.717, 1.165) is 24.4 Å². The monoisotopic (exact) mass is 274 g/mol. The first kappa shape index (κ1) is 14.5. The Morgan fingerprint density at radius 3 is 3.12 bits per heavy atom. The molecule has 2 atom stereocenters. The molecule has 1 aliphatic rings. The number of carbonyl (C=O) groups excluding carboxylic acids is 1. The van der Waals surface area contributed by atoms with E-state index >= 15 is 0 Å². The van der Waals surface area contributed by atoms with Crippen LogP contribution in [0.1, 0.15) is 18.2 Å². The van der Waals surface area contributed by atoms with Crippen molar-refractivity contribution in [2.24, 2.45) is 5.92 Å². The van der Waals surface area contributed by atoms with Gasteiger partial charge in [-0.25, -0.2) is 0 Å². The number of piperidine rings is 1. The summed E-state index contributed by atoms with van der Waals surface area (Å²) in [4.78, 5) is 12.9. The lowest BCUT2D eigenvalue weighted by Crippen LogP contribution is -2.48. The maximum absolute atomic E-state index is 11.8. The van der Waals surface area contributed by atoms with Crippen molar-refractivity contribution in [2.45, 2.75) is 25.8 Å². The first-order valence-electron chi connectivity index (χ1n) is 5.78. The standard InChI is InChI=1S/C12H18N2OS.ClH/c1-9-8-13-5-4-11(9)14-12(15)7-10-3-2-6-16-10;/h2-3,6,9,11,13H,4-5,7-8H2,1H3,(H,14,15);1H. The van der Waals surface area contributed by atoms with Crippen LogP contribution in [0.5, 0.6) is 0 Å². The maximum atomic E-state index is 11.8. The highest BCUT2D eigenvalue weighted by atomic mass is 35.5. The molecule has 1 aromatic heterocycles. The fourth-order valence-corrected chi connectivity index (χ4v) is 2.76. The third-order valence-electron chi connectivity index (χ3n) is 3.05. The summed E-state index contributed by atoms with van der Waals surface area (Å²) >= 11 is 1.64. The topological polar surface area (TPSA) is 41.1 Å². The quantitative estimate of drug-likeness (QED) is 0.883. The van der Waals surface area contributed by atoms with Gasteiger partial charge in [0, 0.05) is 10.9 Å². The van der Waals surface area contributed by atoms with E-state index in [1.54, 1.807) is 11.3 Å². The van der Waals surface area contributed by atoms with Crippen LogP contribution in [0.4, 0.5) is 0 Å². The van der Waals surface area contributed by atoms with E-state index in [-0.39, 0.29) is 18.3 Å². The number of thiophene rings is 1. The van der Waals surface area contributed by atoms with Crippen LogP contribution in [0.15, 0.2) is 17.5 Å². The molecule has 2 N–H and O–H groups in total. The Labute approximate surface area is 112 Å². The van der Waals surface area contributed by atoms with Crippen molar-refractivity contribution < 1.29 is 4.79 Å². The molecule has 5 heteroatoms. The van der Waals surface area contributed by atoms with Crippen LogP contribution >= 0.6 is 23.7 Å². The second-order valence-corrected chi connectivity index (χ2v) is 5.43. The Hall–Kier alpha value is -0.580. The highest BCUT2D eigenvalue weighted by molar-refractivity contribution is 7.10. The van der Waals surface area contributed by atoms with E-state index in [1.165, 1.54) is 0 Å². The number of rotatable bonds is 3. The summed E-state index contributed by atoms with van der Waals surface area (Å²) in [5.74, 6) is 0.683. The smallest absolute Gasteiger partial charge is 0.225 e. The van der Waals surface area contributed by atoms with E-state index in [1.807, 2.05) is 17.5 Å². The number of carbonyl (C=O) groups is 1. The molecule has 17 heavy (non-hydrogen) atoms. The van der Waals surface area contributed by atoms with Crippen molar-refractivity contribution in [3.63, 3.8) is 0 Å². The Bertz CT molecular complexity index is 342. The molecule has 0 aromatic carbocycles. The van der Waals surface area contributed by atoms with Crippen molar-refractivity contribution in [2.75, 3.05) is 13.1 Å². The minimum absolute atomic E-state index is 0. The van der Waals surface area contributed by atoms with Gasteiger partial charge in [-0.2, -0.15) is 0 Å². The van der Waals surface area contributed by atoms with Crippen molar-refractivity contribution in [3.05, 3.63) is 22.4 Å². The minimum Gasteiger partial charge on any atom is -0.353 e. The Morgan fingerprint density at radius 1 is 1.65 bits per heavy atom. The highest BCUT2D eigenvalue weighted by Gasteiger charge is 2.22. The maximum Gasteiger partial charge on any atom is 0.225 e. The molecule has 1 amide bonds. The zero-order valence-corrected chi connectivity index (χ0v) is 11.6. The molecule has 1 aromatic rings. The van der Waals surface area contributed by atoms with E-state index < -0.39 is 0 Å². The van der Waals surface area contributed by atoms with Crippen molar-refractivity contribution in [1.29, 1.82) is 0 Å². The second kappa shape index (κ2) is 6.99. The van der Waals surface area contributed by atoms with Gasteiger partial charge >= 0.3 is 0 Å². The lowest BCUT2D eigenvalue weighted by atomic mass is 9.95. The van der Waals surface area contributed by atoms with Crippen molar-refractivity contribution >= 4 is 29.7 Å².